The highest BCUT2D eigenvalue weighted by molar-refractivity contribution is 8.00. The summed E-state index contributed by atoms with van der Waals surface area (Å²) in [7, 11) is 0. The Bertz CT molecular complexity index is 460. The Kier molecular flexibility index (Phi) is 5.54. The number of benzene rings is 1. The summed E-state index contributed by atoms with van der Waals surface area (Å²) in [5.41, 5.74) is 3.05. The summed E-state index contributed by atoms with van der Waals surface area (Å²) in [5, 5.41) is 3.88. The Labute approximate surface area is 136 Å². The zero-order chi connectivity index (χ0) is 14.5. The molecule has 1 saturated heterocycles. The average Bonchev–Trinajstić information content (AvgIpc) is 2.76. The number of fused-ring (bicyclic) bond motifs is 1. The lowest BCUT2D eigenvalue weighted by atomic mass is 9.96. The molecule has 2 heterocycles. The van der Waals surface area contributed by atoms with E-state index in [-0.39, 0.29) is 0 Å². The van der Waals surface area contributed by atoms with E-state index in [4.69, 9.17) is 4.74 Å². The van der Waals surface area contributed by atoms with Crippen molar-refractivity contribution in [2.45, 2.75) is 30.1 Å². The third kappa shape index (κ3) is 3.79. The first-order valence-corrected chi connectivity index (χ1v) is 10.2. The van der Waals surface area contributed by atoms with Crippen LogP contribution in [0.2, 0.25) is 0 Å². The second-order valence-electron chi connectivity index (χ2n) is 5.96. The fourth-order valence-corrected chi connectivity index (χ4v) is 5.12. The first-order chi connectivity index (χ1) is 10.3. The molecule has 0 saturated carbocycles. The molecule has 0 spiro atoms. The highest BCUT2D eigenvalue weighted by atomic mass is 32.2. The van der Waals surface area contributed by atoms with Crippen molar-refractivity contribution in [2.75, 3.05) is 37.5 Å². The van der Waals surface area contributed by atoms with Crippen molar-refractivity contribution in [3.8, 4) is 0 Å². The fraction of sp³-hybridized carbons (Fsp3) is 0.647. The Morgan fingerprint density at radius 1 is 1.33 bits per heavy atom. The molecule has 0 amide bonds. The third-order valence-electron chi connectivity index (χ3n) is 4.74. The summed E-state index contributed by atoms with van der Waals surface area (Å²) >= 11 is 4.10. The average molecular weight is 324 g/mol. The van der Waals surface area contributed by atoms with Crippen LogP contribution in [-0.4, -0.2) is 42.3 Å². The molecule has 3 rings (SSSR count). The molecule has 2 nitrogen and oxygen atoms in total. The van der Waals surface area contributed by atoms with Crippen LogP contribution < -0.4 is 5.32 Å². The van der Waals surface area contributed by atoms with Gasteiger partial charge in [-0.05, 0) is 42.4 Å². The minimum absolute atomic E-state index is 0.365. The van der Waals surface area contributed by atoms with Crippen molar-refractivity contribution in [3.63, 3.8) is 0 Å². The van der Waals surface area contributed by atoms with Gasteiger partial charge in [-0.3, -0.25) is 0 Å². The van der Waals surface area contributed by atoms with E-state index in [1.165, 1.54) is 41.9 Å². The van der Waals surface area contributed by atoms with E-state index in [1.807, 2.05) is 11.8 Å². The maximum absolute atomic E-state index is 5.55. The normalized spacial score (nSPS) is 25.1. The van der Waals surface area contributed by atoms with E-state index in [0.717, 1.165) is 19.8 Å². The number of hydrogen-bond acceptors (Lipinski definition) is 4. The smallest absolute Gasteiger partial charge is 0.0479 e. The van der Waals surface area contributed by atoms with Gasteiger partial charge in [0.1, 0.15) is 0 Å². The van der Waals surface area contributed by atoms with E-state index in [0.29, 0.717) is 10.8 Å². The van der Waals surface area contributed by atoms with Crippen LogP contribution in [-0.2, 0) is 11.2 Å². The molecule has 1 N–H and O–H groups in total. The molecule has 4 heteroatoms. The lowest BCUT2D eigenvalue weighted by Crippen LogP contribution is -2.43. The summed E-state index contributed by atoms with van der Waals surface area (Å²) in [5.74, 6) is 2.44. The topological polar surface area (TPSA) is 21.3 Å². The van der Waals surface area contributed by atoms with Gasteiger partial charge in [0.2, 0.25) is 0 Å². The first-order valence-electron chi connectivity index (χ1n) is 7.85. The zero-order valence-corrected chi connectivity index (χ0v) is 14.4. The Morgan fingerprint density at radius 3 is 2.95 bits per heavy atom. The van der Waals surface area contributed by atoms with Gasteiger partial charge in [0, 0.05) is 36.3 Å². The van der Waals surface area contributed by atoms with Gasteiger partial charge in [0.25, 0.3) is 0 Å². The molecule has 1 unspecified atom stereocenters. The molecule has 2 aliphatic heterocycles. The van der Waals surface area contributed by atoms with Crippen LogP contribution in [0.25, 0.3) is 0 Å². The highest BCUT2D eigenvalue weighted by Crippen LogP contribution is 2.35. The predicted molar refractivity (Wildman–Crippen MR) is 94.5 cm³/mol. The number of thioether (sulfide) groups is 2. The number of rotatable bonds is 4. The highest BCUT2D eigenvalue weighted by Gasteiger charge is 2.32. The second-order valence-corrected chi connectivity index (χ2v) is 8.38. The van der Waals surface area contributed by atoms with Crippen molar-refractivity contribution in [3.05, 3.63) is 35.4 Å². The number of aryl methyl sites for hydroxylation is 1. The largest absolute Gasteiger partial charge is 0.381 e. The fourth-order valence-electron chi connectivity index (χ4n) is 3.25. The van der Waals surface area contributed by atoms with Gasteiger partial charge in [-0.25, -0.2) is 0 Å². The van der Waals surface area contributed by atoms with Crippen molar-refractivity contribution >= 4 is 23.5 Å². The SMILES string of the molecule is CSC1(CNC2CSCCc3ccccc32)CCOCC1. The molecule has 0 aromatic heterocycles. The molecule has 21 heavy (non-hydrogen) atoms. The molecule has 1 fully saturated rings. The van der Waals surface area contributed by atoms with Gasteiger partial charge < -0.3 is 10.1 Å². The maximum Gasteiger partial charge on any atom is 0.0479 e. The van der Waals surface area contributed by atoms with E-state index in [9.17, 15) is 0 Å². The van der Waals surface area contributed by atoms with E-state index >= 15 is 0 Å². The standard InChI is InChI=1S/C17H25NOS2/c1-20-17(7-9-19-10-8-17)13-18-16-12-21-11-6-14-4-2-3-5-15(14)16/h2-5,16,18H,6-13H2,1H3. The molecule has 116 valence electrons. The van der Waals surface area contributed by atoms with Crippen LogP contribution in [0.1, 0.15) is 30.0 Å². The van der Waals surface area contributed by atoms with Gasteiger partial charge in [-0.15, -0.1) is 0 Å². The Morgan fingerprint density at radius 2 is 2.14 bits per heavy atom. The Balaban J connectivity index is 1.69. The van der Waals surface area contributed by atoms with Crippen LogP contribution >= 0.6 is 23.5 Å². The summed E-state index contributed by atoms with van der Waals surface area (Å²) in [6.07, 6.45) is 5.80. The lowest BCUT2D eigenvalue weighted by molar-refractivity contribution is 0.0767. The number of ether oxygens (including phenoxy) is 1. The van der Waals surface area contributed by atoms with Gasteiger partial charge in [-0.1, -0.05) is 24.3 Å². The lowest BCUT2D eigenvalue weighted by Gasteiger charge is -2.37. The van der Waals surface area contributed by atoms with Crippen molar-refractivity contribution < 1.29 is 4.74 Å². The first kappa shape index (κ1) is 15.7. The summed E-state index contributed by atoms with van der Waals surface area (Å²) in [6, 6.07) is 9.47. The second kappa shape index (κ2) is 7.40. The van der Waals surface area contributed by atoms with Crippen molar-refractivity contribution in [1.82, 2.24) is 5.32 Å². The molecule has 0 radical (unpaired) electrons. The van der Waals surface area contributed by atoms with Crippen LogP contribution in [0.3, 0.4) is 0 Å². The quantitative estimate of drug-likeness (QED) is 0.915. The molecule has 0 bridgehead atoms. The van der Waals surface area contributed by atoms with Gasteiger partial charge in [0.05, 0.1) is 0 Å². The molecule has 1 aromatic rings. The summed E-state index contributed by atoms with van der Waals surface area (Å²) in [6.45, 7) is 2.92. The maximum atomic E-state index is 5.55. The minimum Gasteiger partial charge on any atom is -0.381 e. The Hall–Kier alpha value is -0.160. The van der Waals surface area contributed by atoms with Crippen LogP contribution in [0, 0.1) is 0 Å². The molecule has 1 atom stereocenters. The minimum atomic E-state index is 0.365. The molecule has 2 aliphatic rings. The van der Waals surface area contributed by atoms with Crippen LogP contribution in [0.5, 0.6) is 0 Å². The number of nitrogens with one attached hydrogen (secondary N) is 1. The van der Waals surface area contributed by atoms with Gasteiger partial charge in [-0.2, -0.15) is 23.5 Å². The van der Waals surface area contributed by atoms with E-state index in [2.05, 4.69) is 47.6 Å². The summed E-state index contributed by atoms with van der Waals surface area (Å²) in [4.78, 5) is 0. The third-order valence-corrected chi connectivity index (χ3v) is 7.22. The van der Waals surface area contributed by atoms with E-state index in [1.54, 1.807) is 0 Å². The molecule has 0 aliphatic carbocycles. The van der Waals surface area contributed by atoms with Gasteiger partial charge >= 0.3 is 0 Å². The molecular formula is C17H25NOS2. The van der Waals surface area contributed by atoms with Crippen LogP contribution in [0.4, 0.5) is 0 Å². The van der Waals surface area contributed by atoms with Crippen molar-refractivity contribution in [2.24, 2.45) is 0 Å². The monoisotopic (exact) mass is 323 g/mol. The molecular weight excluding hydrogens is 298 g/mol. The van der Waals surface area contributed by atoms with Gasteiger partial charge in [0.15, 0.2) is 0 Å². The molecule has 1 aromatic carbocycles. The van der Waals surface area contributed by atoms with Crippen molar-refractivity contribution in [1.29, 1.82) is 0 Å². The van der Waals surface area contributed by atoms with Crippen LogP contribution in [0.15, 0.2) is 24.3 Å². The number of hydrogen-bond donors (Lipinski definition) is 1. The van der Waals surface area contributed by atoms with E-state index < -0.39 is 0 Å². The summed E-state index contributed by atoms with van der Waals surface area (Å²) < 4.78 is 5.91. The predicted octanol–water partition coefficient (Wildman–Crippen LogP) is 3.52. The zero-order valence-electron chi connectivity index (χ0n) is 12.8.